The number of hydrogen-bond donors (Lipinski definition) is 1. The average molecular weight is 311 g/mol. The lowest BCUT2D eigenvalue weighted by Crippen LogP contribution is -2.34. The summed E-state index contributed by atoms with van der Waals surface area (Å²) in [6, 6.07) is 6.58. The number of piperidine rings is 1. The lowest BCUT2D eigenvalue weighted by molar-refractivity contribution is 0.234. The summed E-state index contributed by atoms with van der Waals surface area (Å²) in [6.07, 6.45) is 2.65. The van der Waals surface area contributed by atoms with E-state index in [1.165, 1.54) is 48.1 Å². The van der Waals surface area contributed by atoms with E-state index in [0.29, 0.717) is 0 Å². The first-order chi connectivity index (χ1) is 8.65. The largest absolute Gasteiger partial charge is 0.317 e. The van der Waals surface area contributed by atoms with Gasteiger partial charge in [0.1, 0.15) is 0 Å². The topological polar surface area (TPSA) is 15.3 Å². The zero-order chi connectivity index (χ0) is 13.0. The van der Waals surface area contributed by atoms with Crippen LogP contribution in [0.25, 0.3) is 0 Å². The minimum Gasteiger partial charge on any atom is -0.317 e. The minimum absolute atomic E-state index is 0.868. The summed E-state index contributed by atoms with van der Waals surface area (Å²) in [4.78, 5) is 2.46. The molecule has 0 spiro atoms. The first-order valence-electron chi connectivity index (χ1n) is 6.79. The zero-order valence-electron chi connectivity index (χ0n) is 11.4. The Balaban J connectivity index is 1.87. The first kappa shape index (κ1) is 14.0. The zero-order valence-corrected chi connectivity index (χ0v) is 13.0. The maximum Gasteiger partial charge on any atom is 0.0233 e. The fourth-order valence-electron chi connectivity index (χ4n) is 2.70. The van der Waals surface area contributed by atoms with E-state index in [0.717, 1.165) is 12.5 Å². The molecule has 2 nitrogen and oxygen atoms in total. The molecule has 1 heterocycles. The van der Waals surface area contributed by atoms with Gasteiger partial charge in [-0.2, -0.15) is 0 Å². The molecule has 1 N–H and O–H groups in total. The molecule has 0 radical (unpaired) electrons. The smallest absolute Gasteiger partial charge is 0.0233 e. The van der Waals surface area contributed by atoms with Crippen LogP contribution in [0.3, 0.4) is 0 Å². The highest BCUT2D eigenvalue weighted by Crippen LogP contribution is 2.18. The molecule has 100 valence electrons. The van der Waals surface area contributed by atoms with Gasteiger partial charge >= 0.3 is 0 Å². The van der Waals surface area contributed by atoms with Gasteiger partial charge < -0.3 is 10.2 Å². The Labute approximate surface area is 119 Å². The molecular weight excluding hydrogens is 288 g/mol. The van der Waals surface area contributed by atoms with Crippen molar-refractivity contribution >= 4 is 15.9 Å². The van der Waals surface area contributed by atoms with Gasteiger partial charge in [-0.05, 0) is 69.1 Å². The molecule has 3 heteroatoms. The fourth-order valence-corrected chi connectivity index (χ4v) is 3.17. The second-order valence-electron chi connectivity index (χ2n) is 5.46. The number of aryl methyl sites for hydroxylation is 1. The maximum absolute atomic E-state index is 3.52. The molecule has 0 atom stereocenters. The third-order valence-corrected chi connectivity index (χ3v) is 4.27. The average Bonchev–Trinajstić information content (AvgIpc) is 2.34. The second-order valence-corrected chi connectivity index (χ2v) is 6.38. The lowest BCUT2D eigenvalue weighted by atomic mass is 9.97. The van der Waals surface area contributed by atoms with E-state index < -0.39 is 0 Å². The monoisotopic (exact) mass is 310 g/mol. The standard InChI is InChI=1S/C15H23BrN2/c1-12-9-15(16)4-3-14(12)11-18(2)10-13-5-7-17-8-6-13/h3-4,9,13,17H,5-8,10-11H2,1-2H3. The molecule has 1 aromatic rings. The highest BCUT2D eigenvalue weighted by molar-refractivity contribution is 9.10. The second kappa shape index (κ2) is 6.69. The molecule has 2 rings (SSSR count). The fraction of sp³-hybridized carbons (Fsp3) is 0.600. The lowest BCUT2D eigenvalue weighted by Gasteiger charge is -2.27. The van der Waals surface area contributed by atoms with Gasteiger partial charge in [0, 0.05) is 17.6 Å². The SMILES string of the molecule is Cc1cc(Br)ccc1CN(C)CC1CCNCC1. The van der Waals surface area contributed by atoms with Crippen LogP contribution in [0.2, 0.25) is 0 Å². The Morgan fingerprint density at radius 3 is 2.72 bits per heavy atom. The van der Waals surface area contributed by atoms with Gasteiger partial charge in [0.15, 0.2) is 0 Å². The molecule has 0 saturated carbocycles. The molecule has 0 aromatic heterocycles. The van der Waals surface area contributed by atoms with E-state index in [1.807, 2.05) is 0 Å². The molecule has 0 aliphatic carbocycles. The summed E-state index contributed by atoms with van der Waals surface area (Å²) in [6.45, 7) is 6.85. The van der Waals surface area contributed by atoms with E-state index in [4.69, 9.17) is 0 Å². The highest BCUT2D eigenvalue weighted by Gasteiger charge is 2.15. The number of nitrogens with zero attached hydrogens (tertiary/aromatic N) is 1. The van der Waals surface area contributed by atoms with Gasteiger partial charge in [0.25, 0.3) is 0 Å². The Morgan fingerprint density at radius 2 is 2.06 bits per heavy atom. The molecule has 0 amide bonds. The van der Waals surface area contributed by atoms with Crippen LogP contribution in [-0.4, -0.2) is 31.6 Å². The van der Waals surface area contributed by atoms with Crippen molar-refractivity contribution in [1.29, 1.82) is 0 Å². The molecule has 1 fully saturated rings. The Morgan fingerprint density at radius 1 is 1.33 bits per heavy atom. The highest BCUT2D eigenvalue weighted by atomic mass is 79.9. The van der Waals surface area contributed by atoms with Crippen molar-refractivity contribution < 1.29 is 0 Å². The van der Waals surface area contributed by atoms with Crippen molar-refractivity contribution in [2.45, 2.75) is 26.3 Å². The van der Waals surface area contributed by atoms with Gasteiger partial charge in [-0.3, -0.25) is 0 Å². The summed E-state index contributed by atoms with van der Waals surface area (Å²) in [5.41, 5.74) is 2.82. The summed E-state index contributed by atoms with van der Waals surface area (Å²) in [5, 5.41) is 3.43. The number of halogens is 1. The van der Waals surface area contributed by atoms with Crippen LogP contribution in [0.5, 0.6) is 0 Å². The van der Waals surface area contributed by atoms with E-state index >= 15 is 0 Å². The predicted molar refractivity (Wildman–Crippen MR) is 80.8 cm³/mol. The summed E-state index contributed by atoms with van der Waals surface area (Å²) >= 11 is 3.52. The maximum atomic E-state index is 3.52. The normalized spacial score (nSPS) is 17.3. The molecular formula is C15H23BrN2. The third kappa shape index (κ3) is 4.08. The quantitative estimate of drug-likeness (QED) is 0.919. The molecule has 0 bridgehead atoms. The van der Waals surface area contributed by atoms with Crippen LogP contribution in [0, 0.1) is 12.8 Å². The van der Waals surface area contributed by atoms with Gasteiger partial charge in [0.2, 0.25) is 0 Å². The molecule has 0 unspecified atom stereocenters. The molecule has 18 heavy (non-hydrogen) atoms. The van der Waals surface area contributed by atoms with E-state index in [-0.39, 0.29) is 0 Å². The van der Waals surface area contributed by atoms with E-state index in [2.05, 4.69) is 58.3 Å². The summed E-state index contributed by atoms with van der Waals surface area (Å²) < 4.78 is 1.17. The first-order valence-corrected chi connectivity index (χ1v) is 7.59. The number of hydrogen-bond acceptors (Lipinski definition) is 2. The van der Waals surface area contributed by atoms with Gasteiger partial charge in [-0.15, -0.1) is 0 Å². The Hall–Kier alpha value is -0.380. The van der Waals surface area contributed by atoms with Crippen molar-refractivity contribution in [2.24, 2.45) is 5.92 Å². The molecule has 1 aliphatic rings. The van der Waals surface area contributed by atoms with Crippen molar-refractivity contribution in [3.8, 4) is 0 Å². The van der Waals surface area contributed by atoms with Crippen LogP contribution in [0.1, 0.15) is 24.0 Å². The summed E-state index contributed by atoms with van der Waals surface area (Å²) in [5.74, 6) is 0.868. The predicted octanol–water partition coefficient (Wildman–Crippen LogP) is 3.19. The Kier molecular flexibility index (Phi) is 5.22. The van der Waals surface area contributed by atoms with Crippen molar-refractivity contribution in [3.63, 3.8) is 0 Å². The third-order valence-electron chi connectivity index (χ3n) is 3.77. The van der Waals surface area contributed by atoms with Crippen molar-refractivity contribution in [2.75, 3.05) is 26.7 Å². The van der Waals surface area contributed by atoms with Crippen molar-refractivity contribution in [3.05, 3.63) is 33.8 Å². The van der Waals surface area contributed by atoms with Crippen LogP contribution in [-0.2, 0) is 6.54 Å². The van der Waals surface area contributed by atoms with E-state index in [1.54, 1.807) is 0 Å². The number of nitrogens with one attached hydrogen (secondary N) is 1. The summed E-state index contributed by atoms with van der Waals surface area (Å²) in [7, 11) is 2.24. The minimum atomic E-state index is 0.868. The van der Waals surface area contributed by atoms with Crippen LogP contribution in [0.15, 0.2) is 22.7 Å². The van der Waals surface area contributed by atoms with Gasteiger partial charge in [-0.1, -0.05) is 22.0 Å². The molecule has 1 aromatic carbocycles. The number of benzene rings is 1. The van der Waals surface area contributed by atoms with Gasteiger partial charge in [0.05, 0.1) is 0 Å². The molecule has 1 aliphatic heterocycles. The van der Waals surface area contributed by atoms with Crippen LogP contribution < -0.4 is 5.32 Å². The van der Waals surface area contributed by atoms with Crippen LogP contribution >= 0.6 is 15.9 Å². The van der Waals surface area contributed by atoms with E-state index in [9.17, 15) is 0 Å². The van der Waals surface area contributed by atoms with Crippen molar-refractivity contribution in [1.82, 2.24) is 10.2 Å². The van der Waals surface area contributed by atoms with Crippen LogP contribution in [0.4, 0.5) is 0 Å². The van der Waals surface area contributed by atoms with Gasteiger partial charge in [-0.25, -0.2) is 0 Å². The Bertz CT molecular complexity index is 386. The molecule has 1 saturated heterocycles. The number of rotatable bonds is 4.